The summed E-state index contributed by atoms with van der Waals surface area (Å²) < 4.78 is 152. The smallest absolute Gasteiger partial charge is 0.438 e. The second-order valence-electron chi connectivity index (χ2n) is 4.56. The first-order valence-electron chi connectivity index (χ1n) is 6.69. The Kier molecular flexibility index (Phi) is 8.95. The third-order valence-corrected chi connectivity index (χ3v) is 2.18. The Morgan fingerprint density at radius 1 is 0.600 bits per heavy atom. The van der Waals surface area contributed by atoms with Crippen LogP contribution in [0.1, 0.15) is 0 Å². The molecule has 0 aliphatic carbocycles. The van der Waals surface area contributed by atoms with Gasteiger partial charge in [0.2, 0.25) is 0 Å². The van der Waals surface area contributed by atoms with Crippen LogP contribution in [0.25, 0.3) is 0 Å². The van der Waals surface area contributed by atoms with Crippen LogP contribution >= 0.6 is 0 Å². The number of carbonyl (C=O) groups is 2. The van der Waals surface area contributed by atoms with Crippen molar-refractivity contribution in [2.45, 2.75) is 30.7 Å². The minimum absolute atomic E-state index is 0.589. The van der Waals surface area contributed by atoms with Crippen LogP contribution in [0.2, 0.25) is 0 Å². The molecule has 0 rings (SSSR count). The summed E-state index contributed by atoms with van der Waals surface area (Å²) in [4.78, 5) is 20.9. The van der Waals surface area contributed by atoms with Crippen LogP contribution in [0.4, 0.5) is 53.5 Å². The Balaban J connectivity index is 5.17. The molecule has 0 bridgehead atoms. The summed E-state index contributed by atoms with van der Waals surface area (Å²) in [5.41, 5.74) is 0. The fourth-order valence-electron chi connectivity index (χ4n) is 1.11. The minimum Gasteiger partial charge on any atom is -0.438 e. The molecule has 0 aromatic heterocycles. The van der Waals surface area contributed by atoms with E-state index in [1.807, 2.05) is 0 Å². The van der Waals surface area contributed by atoms with Crippen LogP contribution in [-0.4, -0.2) is 70.5 Å². The predicted octanol–water partition coefficient (Wildman–Crippen LogP) is 3.52. The molecular weight excluding hydrogens is 466 g/mol. The fourth-order valence-corrected chi connectivity index (χ4v) is 1.11. The van der Waals surface area contributed by atoms with E-state index in [-0.39, 0.29) is 0 Å². The first kappa shape index (κ1) is 27.7. The van der Waals surface area contributed by atoms with Gasteiger partial charge >= 0.3 is 43.0 Å². The van der Waals surface area contributed by atoms with E-state index in [0.29, 0.717) is 14.2 Å². The summed E-state index contributed by atoms with van der Waals surface area (Å²) in [7, 11) is 1.19. The first-order valence-corrected chi connectivity index (χ1v) is 6.69. The van der Waals surface area contributed by atoms with Gasteiger partial charge in [0.05, 0.1) is 14.2 Å². The van der Waals surface area contributed by atoms with Crippen molar-refractivity contribution in [2.24, 2.45) is 0 Å². The van der Waals surface area contributed by atoms with Gasteiger partial charge in [-0.15, -0.1) is 8.78 Å². The van der Waals surface area contributed by atoms with Gasteiger partial charge in [0.25, 0.3) is 0 Å². The molecule has 0 aromatic carbocycles. The molecule has 0 heterocycles. The van der Waals surface area contributed by atoms with E-state index < -0.39 is 56.3 Å². The maximum absolute atomic E-state index is 13.2. The number of alkyl halides is 10. The van der Waals surface area contributed by atoms with Crippen molar-refractivity contribution >= 4 is 12.3 Å². The van der Waals surface area contributed by atoms with E-state index in [1.54, 1.807) is 0 Å². The number of rotatable bonds is 11. The Bertz CT molecular complexity index is 598. The molecule has 30 heavy (non-hydrogen) atoms. The van der Waals surface area contributed by atoms with Crippen LogP contribution in [0, 0.1) is 0 Å². The van der Waals surface area contributed by atoms with Crippen molar-refractivity contribution in [2.75, 3.05) is 27.4 Å². The number of methoxy groups -OCH3 is 2. The van der Waals surface area contributed by atoms with Gasteiger partial charge in [-0.1, -0.05) is 0 Å². The second-order valence-corrected chi connectivity index (χ2v) is 4.56. The fraction of sp³-hybridized carbons (Fsp3) is 0.818. The summed E-state index contributed by atoms with van der Waals surface area (Å²) in [6.07, 6.45) is -34.1. The van der Waals surface area contributed by atoms with Crippen molar-refractivity contribution in [1.29, 1.82) is 0 Å². The van der Waals surface area contributed by atoms with Gasteiger partial charge in [0, 0.05) is 0 Å². The highest BCUT2D eigenvalue weighted by Crippen LogP contribution is 2.44. The second kappa shape index (κ2) is 9.69. The summed E-state index contributed by atoms with van der Waals surface area (Å²) in [6, 6.07) is 0. The molecular formula is C11H10F10O9. The Morgan fingerprint density at radius 2 is 0.933 bits per heavy atom. The quantitative estimate of drug-likeness (QED) is 0.252. The standard InChI is InChI=1S/C11H10F10O9/c1-24-5(22)26-3-7(12,13)28-9(16,17)10(18,19)30-11(20,21)29-8(14,15)4-27-6(23)25-2/h3-4H2,1-2H3. The van der Waals surface area contributed by atoms with Crippen molar-refractivity contribution in [1.82, 2.24) is 0 Å². The predicted molar refractivity (Wildman–Crippen MR) is 64.7 cm³/mol. The molecule has 0 saturated carbocycles. The lowest BCUT2D eigenvalue weighted by Gasteiger charge is -2.31. The lowest BCUT2D eigenvalue weighted by Crippen LogP contribution is -2.54. The molecule has 19 heteroatoms. The topological polar surface area (TPSA) is 98.8 Å². The van der Waals surface area contributed by atoms with E-state index in [2.05, 4.69) is 33.2 Å². The molecule has 0 fully saturated rings. The van der Waals surface area contributed by atoms with E-state index in [9.17, 15) is 53.5 Å². The SMILES string of the molecule is COC(=O)OCC(F)(F)OC(F)(F)OC(F)(F)C(F)(F)OC(F)(F)COC(=O)OC. The molecule has 0 atom stereocenters. The first-order chi connectivity index (χ1) is 13.3. The van der Waals surface area contributed by atoms with Crippen LogP contribution in [0.15, 0.2) is 0 Å². The molecule has 0 unspecified atom stereocenters. The normalized spacial score (nSPS) is 13.6. The molecule has 0 radical (unpaired) electrons. The van der Waals surface area contributed by atoms with E-state index >= 15 is 0 Å². The largest absolute Gasteiger partial charge is 0.508 e. The zero-order valence-electron chi connectivity index (χ0n) is 14.4. The van der Waals surface area contributed by atoms with E-state index in [4.69, 9.17) is 0 Å². The zero-order chi connectivity index (χ0) is 24.0. The average molecular weight is 476 g/mol. The molecule has 0 amide bonds. The monoisotopic (exact) mass is 476 g/mol. The van der Waals surface area contributed by atoms with Crippen molar-refractivity contribution in [3.63, 3.8) is 0 Å². The van der Waals surface area contributed by atoms with Crippen LogP contribution in [-0.2, 0) is 33.2 Å². The molecule has 0 spiro atoms. The molecule has 0 saturated heterocycles. The third kappa shape index (κ3) is 9.48. The average Bonchev–Trinajstić information content (AvgIpc) is 2.54. The van der Waals surface area contributed by atoms with Crippen molar-refractivity contribution < 1.29 is 86.7 Å². The number of hydrogen-bond donors (Lipinski definition) is 0. The maximum atomic E-state index is 13.2. The highest BCUT2D eigenvalue weighted by molar-refractivity contribution is 5.59. The van der Waals surface area contributed by atoms with E-state index in [1.165, 1.54) is 0 Å². The van der Waals surface area contributed by atoms with Crippen molar-refractivity contribution in [3.8, 4) is 0 Å². The summed E-state index contributed by atoms with van der Waals surface area (Å²) >= 11 is 0. The summed E-state index contributed by atoms with van der Waals surface area (Å²) in [6.45, 7) is -4.82. The molecule has 0 aliphatic rings. The Labute approximate surface area is 158 Å². The van der Waals surface area contributed by atoms with Gasteiger partial charge in [-0.05, 0) is 0 Å². The van der Waals surface area contributed by atoms with Gasteiger partial charge < -0.3 is 18.9 Å². The number of halogens is 10. The molecule has 0 N–H and O–H groups in total. The molecule has 0 aromatic rings. The van der Waals surface area contributed by atoms with Crippen LogP contribution in [0.5, 0.6) is 0 Å². The molecule has 9 nitrogen and oxygen atoms in total. The van der Waals surface area contributed by atoms with Crippen LogP contribution < -0.4 is 0 Å². The number of hydrogen-bond acceptors (Lipinski definition) is 9. The highest BCUT2D eigenvalue weighted by atomic mass is 19.3. The van der Waals surface area contributed by atoms with Crippen LogP contribution in [0.3, 0.4) is 0 Å². The highest BCUT2D eigenvalue weighted by Gasteiger charge is 2.69. The summed E-state index contributed by atoms with van der Waals surface area (Å²) in [5.74, 6) is 0. The van der Waals surface area contributed by atoms with Gasteiger partial charge in [0.1, 0.15) is 0 Å². The van der Waals surface area contributed by atoms with E-state index in [0.717, 1.165) is 0 Å². The molecule has 178 valence electrons. The Morgan fingerprint density at radius 3 is 1.30 bits per heavy atom. The third-order valence-electron chi connectivity index (χ3n) is 2.18. The van der Waals surface area contributed by atoms with Gasteiger partial charge in [-0.3, -0.25) is 0 Å². The summed E-state index contributed by atoms with van der Waals surface area (Å²) in [5, 5.41) is 0. The van der Waals surface area contributed by atoms with Gasteiger partial charge in [-0.2, -0.15) is 35.1 Å². The minimum atomic E-state index is -6.72. The lowest BCUT2D eigenvalue weighted by molar-refractivity contribution is -0.566. The lowest BCUT2D eigenvalue weighted by atomic mass is 10.5. The number of carbonyl (C=O) groups excluding carboxylic acids is 2. The Hall–Kier alpha value is -2.28. The van der Waals surface area contributed by atoms with Crippen molar-refractivity contribution in [3.05, 3.63) is 0 Å². The zero-order valence-corrected chi connectivity index (χ0v) is 14.4. The van der Waals surface area contributed by atoms with Gasteiger partial charge in [-0.25, -0.2) is 23.8 Å². The molecule has 0 aliphatic heterocycles. The maximum Gasteiger partial charge on any atom is 0.508 e. The number of ether oxygens (including phenoxy) is 7. The van der Waals surface area contributed by atoms with Gasteiger partial charge in [0.15, 0.2) is 13.2 Å².